The highest BCUT2D eigenvalue weighted by Crippen LogP contribution is 2.15. The van der Waals surface area contributed by atoms with E-state index in [2.05, 4.69) is 4.99 Å². The van der Waals surface area contributed by atoms with Crippen molar-refractivity contribution in [3.05, 3.63) is 21.9 Å². The second-order valence-corrected chi connectivity index (χ2v) is 2.66. The molecule has 74 valence electrons. The lowest BCUT2D eigenvalue weighted by Crippen LogP contribution is -2.27. The summed E-state index contributed by atoms with van der Waals surface area (Å²) < 4.78 is 0. The molecule has 1 heterocycles. The summed E-state index contributed by atoms with van der Waals surface area (Å²) in [5, 5.41) is 18.9. The first kappa shape index (κ1) is 10.0. The molecule has 7 heteroatoms. The van der Waals surface area contributed by atoms with Gasteiger partial charge in [0, 0.05) is 6.08 Å². The zero-order valence-electron chi connectivity index (χ0n) is 7.13. The van der Waals surface area contributed by atoms with Crippen molar-refractivity contribution < 1.29 is 19.6 Å². The van der Waals surface area contributed by atoms with E-state index in [1.807, 2.05) is 0 Å². The Bertz CT molecular complexity index is 382. The molecule has 0 bridgehead atoms. The fourth-order valence-corrected chi connectivity index (χ4v) is 1.01. The van der Waals surface area contributed by atoms with Crippen molar-refractivity contribution in [1.82, 2.24) is 0 Å². The maximum absolute atomic E-state index is 11.0. The molecule has 0 aromatic rings. The van der Waals surface area contributed by atoms with Crippen LogP contribution in [0, 0.1) is 16.0 Å². The summed E-state index contributed by atoms with van der Waals surface area (Å²) in [6.45, 7) is 1.28. The molecule has 1 N–H and O–H groups in total. The van der Waals surface area contributed by atoms with Gasteiger partial charge in [0.2, 0.25) is 0 Å². The summed E-state index contributed by atoms with van der Waals surface area (Å²) in [6, 6.07) is 0. The van der Waals surface area contributed by atoms with Gasteiger partial charge in [0.1, 0.15) is 5.71 Å². The largest absolute Gasteiger partial charge is 0.480 e. The minimum Gasteiger partial charge on any atom is -0.480 e. The van der Waals surface area contributed by atoms with Crippen molar-refractivity contribution in [2.75, 3.05) is 0 Å². The maximum Gasteiger partial charge on any atom is 0.320 e. The van der Waals surface area contributed by atoms with E-state index in [9.17, 15) is 19.7 Å². The molecule has 1 aliphatic rings. The number of carboxylic acids is 1. The zero-order chi connectivity index (χ0) is 10.9. The first-order chi connectivity index (χ1) is 6.43. The average molecular weight is 198 g/mol. The van der Waals surface area contributed by atoms with E-state index in [4.69, 9.17) is 5.11 Å². The van der Waals surface area contributed by atoms with Crippen LogP contribution in [0.3, 0.4) is 0 Å². The third-order valence-electron chi connectivity index (χ3n) is 1.70. The van der Waals surface area contributed by atoms with Crippen LogP contribution in [0.15, 0.2) is 16.8 Å². The number of hydrogen-bond donors (Lipinski definition) is 1. The molecule has 0 radical (unpaired) electrons. The summed E-state index contributed by atoms with van der Waals surface area (Å²) in [7, 11) is 0. The predicted octanol–water partition coefficient (Wildman–Crippen LogP) is -0.151. The average Bonchev–Trinajstić information content (AvgIpc) is 2.02. The van der Waals surface area contributed by atoms with Crippen LogP contribution in [-0.4, -0.2) is 27.6 Å². The molecule has 0 saturated heterocycles. The topological polar surface area (TPSA) is 110 Å². The minimum atomic E-state index is -1.54. The summed E-state index contributed by atoms with van der Waals surface area (Å²) in [5.74, 6) is -3.87. The summed E-state index contributed by atoms with van der Waals surface area (Å²) >= 11 is 0. The predicted molar refractivity (Wildman–Crippen MR) is 44.3 cm³/mol. The fraction of sp³-hybridized carbons (Fsp3) is 0.286. The second kappa shape index (κ2) is 3.36. The van der Waals surface area contributed by atoms with Crippen molar-refractivity contribution in [2.24, 2.45) is 10.9 Å². The Hall–Kier alpha value is -2.05. The van der Waals surface area contributed by atoms with Crippen LogP contribution in [0.1, 0.15) is 6.92 Å². The second-order valence-electron chi connectivity index (χ2n) is 2.66. The van der Waals surface area contributed by atoms with E-state index >= 15 is 0 Å². The molecule has 7 nitrogen and oxygen atoms in total. The summed E-state index contributed by atoms with van der Waals surface area (Å²) in [6.07, 6.45) is 0.799. The van der Waals surface area contributed by atoms with Gasteiger partial charge in [-0.15, -0.1) is 0 Å². The summed E-state index contributed by atoms with van der Waals surface area (Å²) in [5.41, 5.74) is -0.505. The molecule has 1 aliphatic heterocycles. The van der Waals surface area contributed by atoms with Crippen LogP contribution >= 0.6 is 0 Å². The Kier molecular flexibility index (Phi) is 2.41. The quantitative estimate of drug-likeness (QED) is 0.377. The minimum absolute atomic E-state index is 0.0718. The van der Waals surface area contributed by atoms with E-state index in [0.29, 0.717) is 0 Å². The molecule has 1 atom stereocenters. The van der Waals surface area contributed by atoms with E-state index in [1.54, 1.807) is 0 Å². The molecule has 1 unspecified atom stereocenters. The molecule has 14 heavy (non-hydrogen) atoms. The Morgan fingerprint density at radius 3 is 2.71 bits per heavy atom. The standard InChI is InChI=1S/C7H6N2O5/c1-3-5(9(13)14)2-4(7(11)12)6(10)8-3/h2,4H,1H3,(H,11,12). The van der Waals surface area contributed by atoms with E-state index < -0.39 is 28.4 Å². The molecule has 0 aromatic heterocycles. The maximum atomic E-state index is 11.0. The first-order valence-corrected chi connectivity index (χ1v) is 3.62. The third kappa shape index (κ3) is 1.65. The van der Waals surface area contributed by atoms with Crippen LogP contribution in [0.25, 0.3) is 0 Å². The van der Waals surface area contributed by atoms with Crippen molar-refractivity contribution in [1.29, 1.82) is 0 Å². The highest BCUT2D eigenvalue weighted by molar-refractivity contribution is 6.12. The van der Waals surface area contributed by atoms with Crippen LogP contribution < -0.4 is 0 Å². The van der Waals surface area contributed by atoms with Gasteiger partial charge in [0.15, 0.2) is 5.92 Å². The SMILES string of the molecule is CC1=NC(=O)C(C(=O)O)C=C1[N+](=O)[O-]. The Morgan fingerprint density at radius 2 is 2.29 bits per heavy atom. The van der Waals surface area contributed by atoms with Crippen LogP contribution in [0.4, 0.5) is 0 Å². The fourth-order valence-electron chi connectivity index (χ4n) is 1.01. The van der Waals surface area contributed by atoms with E-state index in [0.717, 1.165) is 6.08 Å². The monoisotopic (exact) mass is 198 g/mol. The number of nitro groups is 1. The molecule has 1 amide bonds. The van der Waals surface area contributed by atoms with E-state index in [1.165, 1.54) is 6.92 Å². The molecule has 0 saturated carbocycles. The Labute approximate surface area is 77.9 Å². The molecule has 0 aliphatic carbocycles. The van der Waals surface area contributed by atoms with Crippen LogP contribution in [0.2, 0.25) is 0 Å². The lowest BCUT2D eigenvalue weighted by molar-refractivity contribution is -0.415. The lowest BCUT2D eigenvalue weighted by Gasteiger charge is -2.08. The number of carboxylic acid groups (broad SMARTS) is 1. The molecule has 0 fully saturated rings. The van der Waals surface area contributed by atoms with Crippen molar-refractivity contribution in [3.63, 3.8) is 0 Å². The van der Waals surface area contributed by atoms with Gasteiger partial charge in [0.25, 0.3) is 11.6 Å². The normalized spacial score (nSPS) is 21.2. The Morgan fingerprint density at radius 1 is 1.71 bits per heavy atom. The number of aliphatic carboxylic acids is 1. The van der Waals surface area contributed by atoms with Gasteiger partial charge in [-0.3, -0.25) is 19.7 Å². The smallest absolute Gasteiger partial charge is 0.320 e. The molecular weight excluding hydrogens is 192 g/mol. The number of carbonyl (C=O) groups excluding carboxylic acids is 1. The zero-order valence-corrected chi connectivity index (χ0v) is 7.13. The highest BCUT2D eigenvalue weighted by atomic mass is 16.6. The number of allylic oxidation sites excluding steroid dienone is 1. The van der Waals surface area contributed by atoms with Crippen LogP contribution in [-0.2, 0) is 9.59 Å². The van der Waals surface area contributed by atoms with Crippen molar-refractivity contribution in [3.8, 4) is 0 Å². The van der Waals surface area contributed by atoms with Gasteiger partial charge < -0.3 is 5.11 Å². The number of rotatable bonds is 2. The van der Waals surface area contributed by atoms with E-state index in [-0.39, 0.29) is 5.71 Å². The number of amides is 1. The number of carbonyl (C=O) groups is 2. The number of hydrogen-bond acceptors (Lipinski definition) is 4. The Balaban J connectivity index is 3.13. The molecule has 1 rings (SSSR count). The van der Waals surface area contributed by atoms with Crippen molar-refractivity contribution in [2.45, 2.75) is 6.92 Å². The van der Waals surface area contributed by atoms with Gasteiger partial charge in [0.05, 0.1) is 4.92 Å². The first-order valence-electron chi connectivity index (χ1n) is 3.62. The van der Waals surface area contributed by atoms with Gasteiger partial charge >= 0.3 is 5.97 Å². The molecule has 0 spiro atoms. The number of dihydropyridines is 1. The van der Waals surface area contributed by atoms with Crippen LogP contribution in [0.5, 0.6) is 0 Å². The molecule has 0 aromatic carbocycles. The number of nitrogens with zero attached hydrogens (tertiary/aromatic N) is 2. The highest BCUT2D eigenvalue weighted by Gasteiger charge is 2.33. The van der Waals surface area contributed by atoms with Gasteiger partial charge in [-0.2, -0.15) is 0 Å². The lowest BCUT2D eigenvalue weighted by atomic mass is 10.0. The number of aliphatic imine (C=N–C) groups is 1. The van der Waals surface area contributed by atoms with Gasteiger partial charge in [-0.25, -0.2) is 4.99 Å². The summed E-state index contributed by atoms with van der Waals surface area (Å²) in [4.78, 5) is 34.4. The van der Waals surface area contributed by atoms with Gasteiger partial charge in [-0.1, -0.05) is 0 Å². The van der Waals surface area contributed by atoms with Crippen molar-refractivity contribution >= 4 is 17.6 Å². The third-order valence-corrected chi connectivity index (χ3v) is 1.70. The molecular formula is C7H6N2O5. The van der Waals surface area contributed by atoms with Gasteiger partial charge in [-0.05, 0) is 6.92 Å².